The highest BCUT2D eigenvalue weighted by Crippen LogP contribution is 2.43. The first kappa shape index (κ1) is 30.7. The zero-order valence-corrected chi connectivity index (χ0v) is 28.8. The lowest BCUT2D eigenvalue weighted by Gasteiger charge is -2.33. The largest absolute Gasteiger partial charge is 0.364 e. The van der Waals surface area contributed by atoms with Crippen LogP contribution in [-0.4, -0.2) is 25.6 Å². The lowest BCUT2D eigenvalue weighted by molar-refractivity contribution is 0.773. The fourth-order valence-corrected chi connectivity index (χ4v) is 8.14. The number of rotatable bonds is 5. The molecule has 10 rings (SSSR count). The van der Waals surface area contributed by atoms with Crippen LogP contribution >= 0.6 is 0 Å². The number of fused-ring (bicyclic) bond motifs is 7. The van der Waals surface area contributed by atoms with Crippen LogP contribution in [0.25, 0.3) is 16.7 Å². The van der Waals surface area contributed by atoms with Gasteiger partial charge in [-0.2, -0.15) is 0 Å². The molecule has 0 radical (unpaired) electrons. The molecule has 0 saturated heterocycles. The van der Waals surface area contributed by atoms with Crippen molar-refractivity contribution in [3.8, 4) is 0 Å². The van der Waals surface area contributed by atoms with Crippen molar-refractivity contribution in [2.75, 3.05) is 0 Å². The molecule has 5 nitrogen and oxygen atoms in total. The van der Waals surface area contributed by atoms with Crippen LogP contribution in [0.1, 0.15) is 50.7 Å². The van der Waals surface area contributed by atoms with Gasteiger partial charge in [0, 0.05) is 62.1 Å². The quantitative estimate of drug-likeness (QED) is 0.141. The van der Waals surface area contributed by atoms with Crippen molar-refractivity contribution in [3.63, 3.8) is 0 Å². The molecule has 1 atom stereocenters. The van der Waals surface area contributed by atoms with E-state index in [0.717, 1.165) is 89.5 Å². The molecule has 0 spiro atoms. The molecule has 0 aliphatic carbocycles. The van der Waals surface area contributed by atoms with E-state index in [2.05, 4.69) is 202 Å². The van der Waals surface area contributed by atoms with Gasteiger partial charge in [-0.15, -0.1) is 0 Å². The second-order valence-corrected chi connectivity index (χ2v) is 13.5. The summed E-state index contributed by atoms with van der Waals surface area (Å²) in [5.74, 6) is 0. The standard InChI is InChI=1S/C48H35N5/c1-5-14-32(15-6-1)45-36-23-25-38(50-36)46(33-16-7-2-8-17-33)40-27-29-43(52-40)48(42-22-13-31-49-42,35-20-11-4-12-21-35)44-30-28-41(53-44)47(34-18-9-3-10-19-34)39-26-24-37(45)51-39/h1-31,49-52H/b45-36-,46-38-,47-41-/t48-/m0/s1. The lowest BCUT2D eigenvalue weighted by Crippen LogP contribution is -2.38. The Balaban J connectivity index is 1.37. The van der Waals surface area contributed by atoms with Crippen LogP contribution in [0.3, 0.4) is 0 Å². The van der Waals surface area contributed by atoms with Crippen LogP contribution in [0, 0.1) is 0 Å². The summed E-state index contributed by atoms with van der Waals surface area (Å²) in [4.78, 5) is 20.9. The molecule has 0 saturated carbocycles. The molecule has 53 heavy (non-hydrogen) atoms. The third-order valence-corrected chi connectivity index (χ3v) is 10.5. The Labute approximate surface area is 307 Å². The highest BCUT2D eigenvalue weighted by atomic mass is 14.9. The zero-order valence-electron chi connectivity index (χ0n) is 28.8. The van der Waals surface area contributed by atoms with Gasteiger partial charge in [0.15, 0.2) is 0 Å². The van der Waals surface area contributed by atoms with E-state index in [-0.39, 0.29) is 0 Å². The van der Waals surface area contributed by atoms with E-state index < -0.39 is 5.41 Å². The topological polar surface area (TPSA) is 75.5 Å². The van der Waals surface area contributed by atoms with Crippen molar-refractivity contribution >= 4 is 22.4 Å². The SMILES string of the molecule is C1=C/C2=C(\c3ccccc3)c3ccc([nH]3)/C(c3ccccc3)=c3/cc/c([nH]3)=C(\c3ccccc3)c3ccc([nH]3)[C@](c3ccccc3)(c3ccc[nH]3)C1=N2. The van der Waals surface area contributed by atoms with E-state index in [1.807, 2.05) is 6.20 Å². The fourth-order valence-electron chi connectivity index (χ4n) is 8.14. The molecule has 8 bridgehead atoms. The van der Waals surface area contributed by atoms with E-state index in [9.17, 15) is 0 Å². The number of aromatic amines is 4. The van der Waals surface area contributed by atoms with Crippen molar-refractivity contribution in [1.82, 2.24) is 19.9 Å². The minimum Gasteiger partial charge on any atom is -0.364 e. The van der Waals surface area contributed by atoms with Gasteiger partial charge in [-0.05, 0) is 82.9 Å². The highest BCUT2D eigenvalue weighted by Gasteiger charge is 2.44. The number of nitrogens with one attached hydrogen (secondary N) is 4. The summed E-state index contributed by atoms with van der Waals surface area (Å²) in [7, 11) is 0. The van der Waals surface area contributed by atoms with E-state index in [1.165, 1.54) is 0 Å². The summed E-state index contributed by atoms with van der Waals surface area (Å²) in [6, 6.07) is 59.9. The summed E-state index contributed by atoms with van der Waals surface area (Å²) in [6.07, 6.45) is 6.35. The highest BCUT2D eigenvalue weighted by molar-refractivity contribution is 6.12. The first-order valence-electron chi connectivity index (χ1n) is 18.0. The molecule has 0 fully saturated rings. The molecule has 5 heteroatoms. The molecule has 4 aromatic carbocycles. The number of benzene rings is 4. The Morgan fingerprint density at radius 3 is 1.51 bits per heavy atom. The number of allylic oxidation sites excluding steroid dienone is 2. The normalized spacial score (nSPS) is 20.0. The maximum Gasteiger partial charge on any atom is 0.117 e. The summed E-state index contributed by atoms with van der Waals surface area (Å²) in [5.41, 5.74) is 13.7. The molecule has 252 valence electrons. The summed E-state index contributed by atoms with van der Waals surface area (Å²) < 4.78 is 0. The van der Waals surface area contributed by atoms with Gasteiger partial charge in [0.2, 0.25) is 0 Å². The molecule has 0 unspecified atom stereocenters. The van der Waals surface area contributed by atoms with Crippen molar-refractivity contribution in [2.24, 2.45) is 4.99 Å². The summed E-state index contributed by atoms with van der Waals surface area (Å²) in [5, 5.41) is 2.04. The third kappa shape index (κ3) is 5.05. The average molecular weight is 682 g/mol. The molecule has 2 aliphatic rings. The lowest BCUT2D eigenvalue weighted by atomic mass is 9.71. The number of H-pyrrole nitrogens is 4. The predicted octanol–water partition coefficient (Wildman–Crippen LogP) is 8.61. The molecular formula is C48H35N5. The van der Waals surface area contributed by atoms with Crippen LogP contribution in [0.15, 0.2) is 199 Å². The molecule has 2 aliphatic heterocycles. The second kappa shape index (κ2) is 12.6. The predicted molar refractivity (Wildman–Crippen MR) is 214 cm³/mol. The first-order chi connectivity index (χ1) is 26.3. The van der Waals surface area contributed by atoms with E-state index in [0.29, 0.717) is 0 Å². The van der Waals surface area contributed by atoms with Crippen molar-refractivity contribution in [1.29, 1.82) is 0 Å². The van der Waals surface area contributed by atoms with Crippen LogP contribution in [-0.2, 0) is 5.41 Å². The fraction of sp³-hybridized carbons (Fsp3) is 0.0208. The number of aromatic nitrogens is 4. The van der Waals surface area contributed by atoms with Gasteiger partial charge in [-0.1, -0.05) is 121 Å². The molecule has 0 amide bonds. The van der Waals surface area contributed by atoms with Crippen LogP contribution in [0.4, 0.5) is 0 Å². The molecule has 4 aromatic heterocycles. The van der Waals surface area contributed by atoms with Gasteiger partial charge in [0.05, 0.1) is 11.4 Å². The van der Waals surface area contributed by atoms with E-state index in [4.69, 9.17) is 4.99 Å². The minimum atomic E-state index is -0.780. The van der Waals surface area contributed by atoms with Crippen molar-refractivity contribution in [3.05, 3.63) is 255 Å². The maximum atomic E-state index is 5.60. The zero-order chi connectivity index (χ0) is 35.2. The number of aliphatic imine (C=N–C) groups is 1. The van der Waals surface area contributed by atoms with Gasteiger partial charge in [-0.25, -0.2) is 0 Å². The average Bonchev–Trinajstić information content (AvgIpc) is 4.07. The molecule has 8 aromatic rings. The minimum absolute atomic E-state index is 0.780. The Morgan fingerprint density at radius 2 is 0.925 bits per heavy atom. The number of hydrogen-bond acceptors (Lipinski definition) is 1. The van der Waals surface area contributed by atoms with Crippen molar-refractivity contribution < 1.29 is 0 Å². The summed E-state index contributed by atoms with van der Waals surface area (Å²) in [6.45, 7) is 0. The van der Waals surface area contributed by atoms with Gasteiger partial charge in [-0.3, -0.25) is 4.99 Å². The van der Waals surface area contributed by atoms with Gasteiger partial charge >= 0.3 is 0 Å². The van der Waals surface area contributed by atoms with Crippen LogP contribution in [0.2, 0.25) is 0 Å². The van der Waals surface area contributed by atoms with Gasteiger partial charge in [0.1, 0.15) is 5.41 Å². The number of hydrogen-bond donors (Lipinski definition) is 4. The summed E-state index contributed by atoms with van der Waals surface area (Å²) >= 11 is 0. The smallest absolute Gasteiger partial charge is 0.117 e. The molecular weight excluding hydrogens is 647 g/mol. The van der Waals surface area contributed by atoms with E-state index >= 15 is 0 Å². The Kier molecular flexibility index (Phi) is 7.29. The molecule has 6 heterocycles. The molecule has 4 N–H and O–H groups in total. The Morgan fingerprint density at radius 1 is 0.396 bits per heavy atom. The van der Waals surface area contributed by atoms with E-state index in [1.54, 1.807) is 0 Å². The number of nitrogens with zero attached hydrogens (tertiary/aromatic N) is 1. The first-order valence-corrected chi connectivity index (χ1v) is 18.0. The van der Waals surface area contributed by atoms with Crippen molar-refractivity contribution in [2.45, 2.75) is 5.41 Å². The van der Waals surface area contributed by atoms with Crippen LogP contribution in [0.5, 0.6) is 0 Å². The second-order valence-electron chi connectivity index (χ2n) is 13.5. The van der Waals surface area contributed by atoms with Gasteiger partial charge in [0.25, 0.3) is 0 Å². The van der Waals surface area contributed by atoms with Gasteiger partial charge < -0.3 is 19.9 Å². The Bertz CT molecular complexity index is 2790. The third-order valence-electron chi connectivity index (χ3n) is 10.5. The maximum absolute atomic E-state index is 5.60. The van der Waals surface area contributed by atoms with Crippen LogP contribution < -0.4 is 10.7 Å². The monoisotopic (exact) mass is 681 g/mol. The Hall–Kier alpha value is -7.11.